The fourth-order valence-electron chi connectivity index (χ4n) is 9.76. The lowest BCUT2D eigenvalue weighted by Gasteiger charge is -2.63. The van der Waals surface area contributed by atoms with E-state index in [0.717, 1.165) is 69.2 Å². The van der Waals surface area contributed by atoms with E-state index in [4.69, 9.17) is 16.3 Å². The number of piperazine rings is 1. The van der Waals surface area contributed by atoms with Gasteiger partial charge in [0, 0.05) is 87.2 Å². The van der Waals surface area contributed by atoms with Crippen LogP contribution in [0.4, 0.5) is 11.6 Å². The molecule has 1 aromatic heterocycles. The maximum Gasteiger partial charge on any atom is 0.262 e. The smallest absolute Gasteiger partial charge is 0.262 e. The van der Waals surface area contributed by atoms with Gasteiger partial charge >= 0.3 is 0 Å². The summed E-state index contributed by atoms with van der Waals surface area (Å²) in [5.41, 5.74) is 1.34. The molecule has 16 heteroatoms. The predicted octanol–water partition coefficient (Wildman–Crippen LogP) is 4.57. The summed E-state index contributed by atoms with van der Waals surface area (Å²) in [7, 11) is 0. The Bertz CT molecular complexity index is 2180. The van der Waals surface area contributed by atoms with Crippen molar-refractivity contribution in [1.82, 2.24) is 30.4 Å². The molecule has 4 fully saturated rings. The van der Waals surface area contributed by atoms with Crippen LogP contribution in [0.3, 0.4) is 0 Å². The van der Waals surface area contributed by atoms with Gasteiger partial charge in [-0.15, -0.1) is 0 Å². The molecule has 1 unspecified atom stereocenters. The van der Waals surface area contributed by atoms with Crippen molar-refractivity contribution in [2.45, 2.75) is 78.5 Å². The van der Waals surface area contributed by atoms with Gasteiger partial charge in [0.05, 0.1) is 33.1 Å². The number of ether oxygens (including phenoxy) is 1. The average Bonchev–Trinajstić information content (AvgIpc) is 3.47. The number of allylic oxidation sites excluding steroid dienone is 5. The van der Waals surface area contributed by atoms with Gasteiger partial charge in [0.2, 0.25) is 17.8 Å². The molecule has 4 aliphatic heterocycles. The molecule has 316 valence electrons. The van der Waals surface area contributed by atoms with E-state index < -0.39 is 29.7 Å². The Balaban J connectivity index is 0.858. The second-order valence-electron chi connectivity index (χ2n) is 17.6. The van der Waals surface area contributed by atoms with Gasteiger partial charge in [-0.3, -0.25) is 39.1 Å². The number of nitriles is 1. The summed E-state index contributed by atoms with van der Waals surface area (Å²) in [5.74, 6) is -0.502. The number of carbonyl (C=O) groups excluding carboxylic acids is 5. The van der Waals surface area contributed by atoms with Crippen molar-refractivity contribution in [2.24, 2.45) is 16.7 Å². The first-order valence-electron chi connectivity index (χ1n) is 20.5. The Labute approximate surface area is 355 Å². The van der Waals surface area contributed by atoms with Crippen molar-refractivity contribution in [3.8, 4) is 6.07 Å². The fraction of sp³-hybridized carbons (Fsp3) is 0.500. The molecule has 1 aromatic carbocycles. The molecule has 5 amide bonds. The summed E-state index contributed by atoms with van der Waals surface area (Å²) in [4.78, 5) is 81.0. The van der Waals surface area contributed by atoms with E-state index in [1.807, 2.05) is 19.1 Å². The van der Waals surface area contributed by atoms with Crippen molar-refractivity contribution < 1.29 is 28.7 Å². The summed E-state index contributed by atoms with van der Waals surface area (Å²) < 4.78 is 6.32. The minimum atomic E-state index is -0.981. The zero-order valence-corrected chi connectivity index (χ0v) is 35.6. The number of nitrogens with zero attached hydrogens (tertiary/aromatic N) is 7. The maximum atomic E-state index is 13.4. The Kier molecular flexibility index (Phi) is 11.9. The van der Waals surface area contributed by atoms with Gasteiger partial charge < -0.3 is 19.9 Å². The van der Waals surface area contributed by atoms with Gasteiger partial charge in [-0.25, -0.2) is 9.97 Å². The number of amides is 5. The molecule has 0 bridgehead atoms. The molecule has 0 radical (unpaired) electrons. The molecule has 5 aliphatic rings. The summed E-state index contributed by atoms with van der Waals surface area (Å²) in [6, 6.07) is 6.16. The molecule has 1 aliphatic carbocycles. The number of fused-ring (bicyclic) bond motifs is 1. The first-order valence-corrected chi connectivity index (χ1v) is 20.9. The largest absolute Gasteiger partial charge is 0.494 e. The van der Waals surface area contributed by atoms with Gasteiger partial charge in [0.15, 0.2) is 0 Å². The highest BCUT2D eigenvalue weighted by atomic mass is 35.5. The summed E-state index contributed by atoms with van der Waals surface area (Å²) in [6.07, 6.45) is 8.46. The van der Waals surface area contributed by atoms with Crippen LogP contribution in [-0.2, 0) is 14.3 Å². The molecule has 7 rings (SSSR count). The third kappa shape index (κ3) is 8.27. The van der Waals surface area contributed by atoms with Crippen LogP contribution in [-0.4, -0.2) is 113 Å². The van der Waals surface area contributed by atoms with Crippen LogP contribution in [0.25, 0.3) is 0 Å². The SMILES string of the molecule is C=C(Cl)/C(C#N)=C\C=C(/C)O[C@H]1C(C)(C)[C@H](NC(=O)c2cnc(N3CCN(CC4CCN(c5ccc6c(c5)C(=O)N(C5CCC(=O)NC5=O)C6=O)CC4)CC3)nc2)C1(C)C. The summed E-state index contributed by atoms with van der Waals surface area (Å²) in [6.45, 7) is 19.6. The highest BCUT2D eigenvalue weighted by molar-refractivity contribution is 6.32. The molecule has 1 atom stereocenters. The standard InChI is InChI=1S/C44H52ClN9O6/c1-26(7-8-29(22-46)27(2)45)60-41-43(3,4)40(44(41,5)6)50-36(56)30-23-47-42(48-24-30)53-19-17-51(18-20-53)25-28-13-15-52(16-14-28)31-9-10-32-33(21-31)39(59)54(38(32)58)34-11-12-35(55)49-37(34)57/h7-10,21,23-24,28,34,40-41H,2,11-20,25H2,1,3-6H3,(H,50,56)(H,49,55,57)/b26-7+,29-8-/t34?,40-,41-. The highest BCUT2D eigenvalue weighted by Gasteiger charge is 2.64. The molecule has 3 saturated heterocycles. The van der Waals surface area contributed by atoms with Crippen molar-refractivity contribution >= 4 is 52.8 Å². The van der Waals surface area contributed by atoms with E-state index in [0.29, 0.717) is 28.8 Å². The lowest BCUT2D eigenvalue weighted by molar-refractivity contribution is -0.189. The van der Waals surface area contributed by atoms with Crippen LogP contribution in [0, 0.1) is 28.1 Å². The molecule has 15 nitrogen and oxygen atoms in total. The molecule has 2 N–H and O–H groups in total. The molecule has 2 aromatic rings. The molecular formula is C44H52ClN9O6. The molecule has 0 spiro atoms. The van der Waals surface area contributed by atoms with Crippen molar-refractivity contribution in [3.63, 3.8) is 0 Å². The minimum absolute atomic E-state index is 0.0848. The Morgan fingerprint density at radius 1 is 0.967 bits per heavy atom. The Hall–Kier alpha value is -5.59. The van der Waals surface area contributed by atoms with Crippen molar-refractivity contribution in [1.29, 1.82) is 5.26 Å². The maximum absolute atomic E-state index is 13.4. The molecule has 60 heavy (non-hydrogen) atoms. The molecule has 1 saturated carbocycles. The molecular weight excluding hydrogens is 786 g/mol. The number of carbonyl (C=O) groups is 5. The average molecular weight is 838 g/mol. The Morgan fingerprint density at radius 3 is 2.23 bits per heavy atom. The zero-order chi connectivity index (χ0) is 43.1. The quantitative estimate of drug-likeness (QED) is 0.140. The van der Waals surface area contributed by atoms with Crippen LogP contribution >= 0.6 is 11.6 Å². The van der Waals surface area contributed by atoms with Crippen molar-refractivity contribution in [3.05, 3.63) is 82.4 Å². The fourth-order valence-corrected chi connectivity index (χ4v) is 9.86. The van der Waals surface area contributed by atoms with E-state index in [1.54, 1.807) is 36.7 Å². The summed E-state index contributed by atoms with van der Waals surface area (Å²) >= 11 is 5.88. The first-order chi connectivity index (χ1) is 28.5. The lowest BCUT2D eigenvalue weighted by Crippen LogP contribution is -2.73. The first kappa shape index (κ1) is 42.5. The lowest BCUT2D eigenvalue weighted by atomic mass is 9.49. The van der Waals surface area contributed by atoms with Crippen LogP contribution in [0.1, 0.15) is 91.4 Å². The van der Waals surface area contributed by atoms with Crippen LogP contribution in [0.2, 0.25) is 0 Å². The number of piperidine rings is 2. The van der Waals surface area contributed by atoms with Gasteiger partial charge in [-0.05, 0) is 62.5 Å². The van der Waals surface area contributed by atoms with Gasteiger partial charge in [-0.1, -0.05) is 45.9 Å². The number of nitrogens with one attached hydrogen (secondary N) is 2. The second kappa shape index (κ2) is 16.8. The minimum Gasteiger partial charge on any atom is -0.494 e. The monoisotopic (exact) mass is 837 g/mol. The van der Waals surface area contributed by atoms with Crippen LogP contribution in [0.5, 0.6) is 0 Å². The third-order valence-electron chi connectivity index (χ3n) is 12.8. The predicted molar refractivity (Wildman–Crippen MR) is 225 cm³/mol. The number of hydrogen-bond acceptors (Lipinski definition) is 12. The number of imide groups is 2. The van der Waals surface area contributed by atoms with Crippen LogP contribution in [0.15, 0.2) is 65.7 Å². The van der Waals surface area contributed by atoms with E-state index in [1.165, 1.54) is 0 Å². The van der Waals surface area contributed by atoms with Crippen LogP contribution < -0.4 is 20.4 Å². The third-order valence-corrected chi connectivity index (χ3v) is 13.0. The van der Waals surface area contributed by atoms with E-state index in [9.17, 15) is 29.2 Å². The number of benzene rings is 1. The Morgan fingerprint density at radius 2 is 1.62 bits per heavy atom. The number of halogens is 1. The summed E-state index contributed by atoms with van der Waals surface area (Å²) in [5, 5.41) is 14.9. The normalized spacial score (nSPS) is 24.7. The van der Waals surface area contributed by atoms with E-state index in [2.05, 4.69) is 69.6 Å². The topological polar surface area (TPSA) is 181 Å². The van der Waals surface area contributed by atoms with Crippen molar-refractivity contribution in [2.75, 3.05) is 55.6 Å². The number of aromatic nitrogens is 2. The molecule has 5 heterocycles. The van der Waals surface area contributed by atoms with E-state index >= 15 is 0 Å². The number of hydrogen-bond donors (Lipinski definition) is 2. The highest BCUT2D eigenvalue weighted by Crippen LogP contribution is 2.56. The number of rotatable bonds is 11. The zero-order valence-electron chi connectivity index (χ0n) is 34.8. The second-order valence-corrected chi connectivity index (χ2v) is 18.0. The van der Waals surface area contributed by atoms with E-state index in [-0.39, 0.29) is 57.9 Å². The van der Waals surface area contributed by atoms with Gasteiger partial charge in [0.25, 0.3) is 17.7 Å². The van der Waals surface area contributed by atoms with Gasteiger partial charge in [0.1, 0.15) is 18.2 Å². The van der Waals surface area contributed by atoms with Gasteiger partial charge in [-0.2, -0.15) is 5.26 Å². The number of anilines is 2.